The predicted octanol–water partition coefficient (Wildman–Crippen LogP) is 2.99. The first kappa shape index (κ1) is 22.2. The minimum Gasteiger partial charge on any atom is -0.450 e. The number of benzene rings is 1. The summed E-state index contributed by atoms with van der Waals surface area (Å²) in [4.78, 5) is 31.0. The predicted molar refractivity (Wildman–Crippen MR) is 110 cm³/mol. The minimum absolute atomic E-state index is 0.0135. The molecule has 162 valence electrons. The molecule has 8 nitrogen and oxygen atoms in total. The van der Waals surface area contributed by atoms with Gasteiger partial charge in [-0.25, -0.2) is 22.6 Å². The number of thiazole rings is 1. The maximum absolute atomic E-state index is 12.9. The van der Waals surface area contributed by atoms with Gasteiger partial charge >= 0.3 is 6.09 Å². The fourth-order valence-electron chi connectivity index (χ4n) is 2.98. The number of amides is 2. The Morgan fingerprint density at radius 2 is 2.03 bits per heavy atom. The van der Waals surface area contributed by atoms with Crippen molar-refractivity contribution in [2.45, 2.75) is 37.6 Å². The van der Waals surface area contributed by atoms with E-state index < -0.39 is 15.7 Å². The van der Waals surface area contributed by atoms with E-state index in [-0.39, 0.29) is 35.5 Å². The second-order valence-corrected chi connectivity index (χ2v) is 9.88. The molecule has 0 saturated carbocycles. The third-order valence-electron chi connectivity index (χ3n) is 4.49. The first-order valence-electron chi connectivity index (χ1n) is 9.47. The van der Waals surface area contributed by atoms with Crippen LogP contribution in [0.25, 0.3) is 0 Å². The summed E-state index contributed by atoms with van der Waals surface area (Å²) in [7, 11) is -3.58. The highest BCUT2D eigenvalue weighted by atomic mass is 32.2. The summed E-state index contributed by atoms with van der Waals surface area (Å²) in [5.41, 5.74) is 0.842. The van der Waals surface area contributed by atoms with Crippen LogP contribution in [0.15, 0.2) is 29.2 Å². The summed E-state index contributed by atoms with van der Waals surface area (Å²) in [5.74, 6) is -1.06. The number of anilines is 1. The zero-order valence-corrected chi connectivity index (χ0v) is 18.0. The van der Waals surface area contributed by atoms with Crippen LogP contribution in [0.5, 0.6) is 0 Å². The summed E-state index contributed by atoms with van der Waals surface area (Å²) in [6.45, 7) is 2.95. The van der Waals surface area contributed by atoms with Crippen LogP contribution in [-0.4, -0.2) is 49.2 Å². The van der Waals surface area contributed by atoms with Crippen molar-refractivity contribution in [2.75, 3.05) is 24.2 Å². The fraction of sp³-hybridized carbons (Fsp3) is 0.421. The normalized spacial score (nSPS) is 13.6. The molecule has 0 bridgehead atoms. The Morgan fingerprint density at radius 1 is 1.30 bits per heavy atom. The molecule has 1 aromatic heterocycles. The van der Waals surface area contributed by atoms with E-state index in [1.165, 1.54) is 23.5 Å². The zero-order valence-electron chi connectivity index (χ0n) is 16.4. The molecule has 0 saturated heterocycles. The number of sulfone groups is 1. The van der Waals surface area contributed by atoms with Crippen molar-refractivity contribution >= 4 is 38.3 Å². The van der Waals surface area contributed by atoms with Crippen molar-refractivity contribution in [3.8, 4) is 0 Å². The van der Waals surface area contributed by atoms with Gasteiger partial charge in [-0.15, -0.1) is 0 Å². The number of nitrogens with one attached hydrogen (secondary N) is 1. The highest BCUT2D eigenvalue weighted by Crippen LogP contribution is 2.28. The average Bonchev–Trinajstić information content (AvgIpc) is 3.09. The number of carbonyl (C=O) groups is 2. The molecule has 1 aliphatic rings. The van der Waals surface area contributed by atoms with Crippen molar-refractivity contribution in [3.05, 3.63) is 40.7 Å². The lowest BCUT2D eigenvalue weighted by Gasteiger charge is -2.24. The van der Waals surface area contributed by atoms with Gasteiger partial charge < -0.3 is 15.0 Å². The van der Waals surface area contributed by atoms with Crippen molar-refractivity contribution in [1.82, 2.24) is 9.88 Å². The first-order valence-corrected chi connectivity index (χ1v) is 11.9. The van der Waals surface area contributed by atoms with Crippen molar-refractivity contribution in [2.24, 2.45) is 0 Å². The number of aromatic nitrogens is 1. The Hall–Kier alpha value is -2.53. The van der Waals surface area contributed by atoms with E-state index in [1.807, 2.05) is 0 Å². The number of hydrogen-bond donors (Lipinski definition) is 1. The molecule has 0 radical (unpaired) electrons. The molecule has 0 unspecified atom stereocenters. The van der Waals surface area contributed by atoms with Gasteiger partial charge in [-0.1, -0.05) is 11.3 Å². The van der Waals surface area contributed by atoms with E-state index in [0.29, 0.717) is 31.2 Å². The number of carbonyl (C=O) groups excluding carboxylic acids is 2. The second kappa shape index (κ2) is 9.52. The van der Waals surface area contributed by atoms with Gasteiger partial charge in [0.15, 0.2) is 15.0 Å². The topological polar surface area (TPSA) is 106 Å². The van der Waals surface area contributed by atoms with Gasteiger partial charge in [0.05, 0.1) is 29.5 Å². The molecule has 2 heterocycles. The molecule has 30 heavy (non-hydrogen) atoms. The Balaban J connectivity index is 1.50. The molecule has 0 aliphatic carbocycles. The zero-order chi connectivity index (χ0) is 21.7. The van der Waals surface area contributed by atoms with Crippen LogP contribution in [0, 0.1) is 5.82 Å². The standard InChI is InChI=1S/C19H22FN3O5S2/c1-2-28-19(25)23-10-9-15-16(12-23)29-18(21-15)22-17(24)4-3-11-30(26,27)14-7-5-13(20)6-8-14/h5-8H,2-4,9-12H2,1H3,(H,21,22,24). The summed E-state index contributed by atoms with van der Waals surface area (Å²) in [6.07, 6.45) is 0.355. The van der Waals surface area contributed by atoms with Crippen LogP contribution >= 0.6 is 11.3 Å². The number of ether oxygens (including phenoxy) is 1. The molecule has 1 aromatic carbocycles. The maximum atomic E-state index is 12.9. The lowest BCUT2D eigenvalue weighted by atomic mass is 10.2. The molecule has 1 aliphatic heterocycles. The van der Waals surface area contributed by atoms with Gasteiger partial charge in [-0.3, -0.25) is 4.79 Å². The number of fused-ring (bicyclic) bond motifs is 1. The Morgan fingerprint density at radius 3 is 2.73 bits per heavy atom. The van der Waals surface area contributed by atoms with Crippen molar-refractivity contribution < 1.29 is 27.1 Å². The monoisotopic (exact) mass is 455 g/mol. The molecule has 11 heteroatoms. The summed E-state index contributed by atoms with van der Waals surface area (Å²) in [5, 5.41) is 3.12. The number of rotatable bonds is 7. The van der Waals surface area contributed by atoms with Gasteiger partial charge in [-0.05, 0) is 37.6 Å². The Kier molecular flexibility index (Phi) is 7.03. The van der Waals surface area contributed by atoms with E-state index in [9.17, 15) is 22.4 Å². The molecule has 2 amide bonds. The second-order valence-electron chi connectivity index (χ2n) is 6.68. The molecule has 2 aromatic rings. The molecule has 0 fully saturated rings. The smallest absolute Gasteiger partial charge is 0.410 e. The largest absolute Gasteiger partial charge is 0.450 e. The van der Waals surface area contributed by atoms with Crippen LogP contribution < -0.4 is 5.32 Å². The van der Waals surface area contributed by atoms with Crippen molar-refractivity contribution in [1.29, 1.82) is 0 Å². The third kappa shape index (κ3) is 5.54. The van der Waals surface area contributed by atoms with Crippen LogP contribution in [0.2, 0.25) is 0 Å². The fourth-order valence-corrected chi connectivity index (χ4v) is 5.33. The highest BCUT2D eigenvalue weighted by Gasteiger charge is 2.25. The summed E-state index contributed by atoms with van der Waals surface area (Å²) < 4.78 is 42.4. The lowest BCUT2D eigenvalue weighted by Crippen LogP contribution is -2.35. The number of halogens is 1. The quantitative estimate of drug-likeness (QED) is 0.644. The Bertz CT molecular complexity index is 1020. The molecule has 0 spiro atoms. The molecular formula is C19H22FN3O5S2. The maximum Gasteiger partial charge on any atom is 0.410 e. The third-order valence-corrected chi connectivity index (χ3v) is 7.31. The molecule has 1 N–H and O–H groups in total. The van der Waals surface area contributed by atoms with E-state index in [0.717, 1.165) is 22.7 Å². The van der Waals surface area contributed by atoms with E-state index in [1.54, 1.807) is 11.8 Å². The molecule has 3 rings (SSSR count). The van der Waals surface area contributed by atoms with Crippen LogP contribution in [0.1, 0.15) is 30.3 Å². The van der Waals surface area contributed by atoms with E-state index >= 15 is 0 Å². The summed E-state index contributed by atoms with van der Waals surface area (Å²) in [6, 6.07) is 4.61. The van der Waals surface area contributed by atoms with E-state index in [4.69, 9.17) is 4.74 Å². The van der Waals surface area contributed by atoms with Gasteiger partial charge in [-0.2, -0.15) is 0 Å². The average molecular weight is 456 g/mol. The van der Waals surface area contributed by atoms with Crippen LogP contribution in [0.4, 0.5) is 14.3 Å². The minimum atomic E-state index is -3.58. The van der Waals surface area contributed by atoms with Gasteiger partial charge in [0.2, 0.25) is 5.91 Å². The van der Waals surface area contributed by atoms with Gasteiger partial charge in [0.1, 0.15) is 5.82 Å². The van der Waals surface area contributed by atoms with Crippen LogP contribution in [-0.2, 0) is 32.3 Å². The lowest BCUT2D eigenvalue weighted by molar-refractivity contribution is -0.116. The first-order chi connectivity index (χ1) is 14.3. The number of nitrogens with zero attached hydrogens (tertiary/aromatic N) is 2. The molecular weight excluding hydrogens is 433 g/mol. The van der Waals surface area contributed by atoms with Crippen molar-refractivity contribution in [3.63, 3.8) is 0 Å². The van der Waals surface area contributed by atoms with Gasteiger partial charge in [0, 0.05) is 24.3 Å². The molecule has 0 atom stereocenters. The van der Waals surface area contributed by atoms with Gasteiger partial charge in [0.25, 0.3) is 0 Å². The Labute approximate surface area is 178 Å². The number of hydrogen-bond acceptors (Lipinski definition) is 7. The highest BCUT2D eigenvalue weighted by molar-refractivity contribution is 7.91. The summed E-state index contributed by atoms with van der Waals surface area (Å²) >= 11 is 1.29. The SMILES string of the molecule is CCOC(=O)N1CCc2nc(NC(=O)CCCS(=O)(=O)c3ccc(F)cc3)sc2C1. The van der Waals surface area contributed by atoms with Crippen LogP contribution in [0.3, 0.4) is 0 Å². The van der Waals surface area contributed by atoms with E-state index in [2.05, 4.69) is 10.3 Å².